The fraction of sp³-hybridized carbons (Fsp3) is 0.176. The maximum absolute atomic E-state index is 6.17. The molecule has 2 aromatic carbocycles. The van der Waals surface area contributed by atoms with Crippen molar-refractivity contribution in [3.63, 3.8) is 0 Å². The van der Waals surface area contributed by atoms with E-state index in [1.54, 1.807) is 0 Å². The van der Waals surface area contributed by atoms with E-state index in [4.69, 9.17) is 16.3 Å². The largest absolute Gasteiger partial charge is 0.494 e. The predicted octanol–water partition coefficient (Wildman–Crippen LogP) is 4.76. The lowest BCUT2D eigenvalue weighted by molar-refractivity contribution is 0.302. The number of rotatable bonds is 5. The molecular weight excluding hydrogens is 270 g/mol. The Kier molecular flexibility index (Phi) is 3.93. The molecule has 0 amide bonds. The molecular formula is C17H16ClNO. The van der Waals surface area contributed by atoms with Crippen LogP contribution < -0.4 is 4.74 Å². The van der Waals surface area contributed by atoms with Crippen molar-refractivity contribution in [3.05, 3.63) is 65.8 Å². The SMILES string of the molecule is Clc1cccc2c1ccn2CCCOc1ccccc1. The van der Waals surface area contributed by atoms with Crippen LogP contribution in [-0.4, -0.2) is 11.2 Å². The third kappa shape index (κ3) is 2.81. The van der Waals surface area contributed by atoms with Crippen LogP contribution >= 0.6 is 11.6 Å². The summed E-state index contributed by atoms with van der Waals surface area (Å²) in [6.07, 6.45) is 3.05. The third-order valence-electron chi connectivity index (χ3n) is 3.32. The first kappa shape index (κ1) is 13.1. The van der Waals surface area contributed by atoms with Crippen LogP contribution in [0.1, 0.15) is 6.42 Å². The molecule has 0 saturated carbocycles. The molecule has 0 aliphatic heterocycles. The summed E-state index contributed by atoms with van der Waals surface area (Å²) in [5, 5.41) is 1.92. The minimum atomic E-state index is 0.713. The number of nitrogens with zero attached hydrogens (tertiary/aromatic N) is 1. The van der Waals surface area contributed by atoms with Crippen LogP contribution in [0.2, 0.25) is 5.02 Å². The highest BCUT2D eigenvalue weighted by molar-refractivity contribution is 6.35. The van der Waals surface area contributed by atoms with Gasteiger partial charge < -0.3 is 9.30 Å². The Morgan fingerprint density at radius 1 is 0.950 bits per heavy atom. The predicted molar refractivity (Wildman–Crippen MR) is 83.5 cm³/mol. The number of aromatic nitrogens is 1. The Morgan fingerprint density at radius 2 is 1.80 bits per heavy atom. The first-order valence-corrected chi connectivity index (χ1v) is 7.13. The van der Waals surface area contributed by atoms with Gasteiger partial charge in [0, 0.05) is 28.7 Å². The molecule has 0 radical (unpaired) electrons. The van der Waals surface area contributed by atoms with Crippen molar-refractivity contribution >= 4 is 22.5 Å². The van der Waals surface area contributed by atoms with Crippen molar-refractivity contribution in [2.45, 2.75) is 13.0 Å². The first-order valence-electron chi connectivity index (χ1n) is 6.76. The molecule has 2 nitrogen and oxygen atoms in total. The van der Waals surface area contributed by atoms with Gasteiger partial charge in [-0.2, -0.15) is 0 Å². The first-order chi connectivity index (χ1) is 9.84. The molecule has 0 saturated heterocycles. The lowest BCUT2D eigenvalue weighted by Crippen LogP contribution is -2.03. The van der Waals surface area contributed by atoms with E-state index < -0.39 is 0 Å². The number of halogens is 1. The molecule has 102 valence electrons. The minimum absolute atomic E-state index is 0.713. The Morgan fingerprint density at radius 3 is 2.65 bits per heavy atom. The van der Waals surface area contributed by atoms with Gasteiger partial charge in [0.15, 0.2) is 0 Å². The van der Waals surface area contributed by atoms with Crippen LogP contribution in [-0.2, 0) is 6.54 Å². The van der Waals surface area contributed by atoms with Gasteiger partial charge in [-0.3, -0.25) is 0 Å². The number of hydrogen-bond acceptors (Lipinski definition) is 1. The van der Waals surface area contributed by atoms with Crippen molar-refractivity contribution in [1.82, 2.24) is 4.57 Å². The third-order valence-corrected chi connectivity index (χ3v) is 3.65. The fourth-order valence-electron chi connectivity index (χ4n) is 2.32. The average Bonchev–Trinajstić information content (AvgIpc) is 2.90. The van der Waals surface area contributed by atoms with Crippen LogP contribution in [0, 0.1) is 0 Å². The second-order valence-corrected chi connectivity index (χ2v) is 5.10. The summed E-state index contributed by atoms with van der Waals surface area (Å²) in [6.45, 7) is 1.64. The maximum atomic E-state index is 6.17. The Bertz CT molecular complexity index is 691. The summed E-state index contributed by atoms with van der Waals surface area (Å²) in [7, 11) is 0. The maximum Gasteiger partial charge on any atom is 0.119 e. The normalized spacial score (nSPS) is 10.8. The molecule has 3 rings (SSSR count). The van der Waals surface area contributed by atoms with Gasteiger partial charge in [0.2, 0.25) is 0 Å². The molecule has 0 N–H and O–H groups in total. The average molecular weight is 286 g/mol. The van der Waals surface area contributed by atoms with Crippen molar-refractivity contribution in [3.8, 4) is 5.75 Å². The molecule has 0 bridgehead atoms. The molecule has 1 heterocycles. The van der Waals surface area contributed by atoms with Gasteiger partial charge in [-0.25, -0.2) is 0 Å². The second-order valence-electron chi connectivity index (χ2n) is 4.70. The van der Waals surface area contributed by atoms with Gasteiger partial charge in [0.25, 0.3) is 0 Å². The number of benzene rings is 2. The van der Waals surface area contributed by atoms with E-state index in [2.05, 4.69) is 22.9 Å². The summed E-state index contributed by atoms with van der Waals surface area (Å²) in [4.78, 5) is 0. The minimum Gasteiger partial charge on any atom is -0.494 e. The van der Waals surface area contributed by atoms with Gasteiger partial charge in [-0.15, -0.1) is 0 Å². The Balaban J connectivity index is 1.59. The molecule has 0 aliphatic carbocycles. The molecule has 20 heavy (non-hydrogen) atoms. The van der Waals surface area contributed by atoms with E-state index in [1.807, 2.05) is 42.5 Å². The van der Waals surface area contributed by atoms with E-state index in [0.717, 1.165) is 29.1 Å². The van der Waals surface area contributed by atoms with Crippen LogP contribution in [0.15, 0.2) is 60.8 Å². The topological polar surface area (TPSA) is 14.2 Å². The van der Waals surface area contributed by atoms with Crippen LogP contribution in [0.4, 0.5) is 0 Å². The van der Waals surface area contributed by atoms with Gasteiger partial charge >= 0.3 is 0 Å². The summed E-state index contributed by atoms with van der Waals surface area (Å²) in [6, 6.07) is 18.0. The monoisotopic (exact) mass is 285 g/mol. The Hall–Kier alpha value is -1.93. The number of para-hydroxylation sites is 1. The number of ether oxygens (including phenoxy) is 1. The van der Waals surface area contributed by atoms with Gasteiger partial charge in [0.05, 0.1) is 6.61 Å². The quantitative estimate of drug-likeness (QED) is 0.616. The summed E-state index contributed by atoms with van der Waals surface area (Å²) < 4.78 is 7.92. The number of fused-ring (bicyclic) bond motifs is 1. The number of hydrogen-bond donors (Lipinski definition) is 0. The molecule has 1 aromatic heterocycles. The van der Waals surface area contributed by atoms with Gasteiger partial charge in [0.1, 0.15) is 5.75 Å². The van der Waals surface area contributed by atoms with E-state index in [9.17, 15) is 0 Å². The highest BCUT2D eigenvalue weighted by Gasteiger charge is 2.03. The number of aryl methyl sites for hydroxylation is 1. The van der Waals surface area contributed by atoms with Gasteiger partial charge in [-0.05, 0) is 36.8 Å². The Labute approximate surface area is 123 Å². The van der Waals surface area contributed by atoms with Crippen LogP contribution in [0.25, 0.3) is 10.9 Å². The zero-order chi connectivity index (χ0) is 13.8. The molecule has 3 aromatic rings. The molecule has 0 aliphatic rings. The molecule has 0 unspecified atom stereocenters. The fourth-order valence-corrected chi connectivity index (χ4v) is 2.56. The van der Waals surface area contributed by atoms with E-state index in [1.165, 1.54) is 5.52 Å². The van der Waals surface area contributed by atoms with E-state index in [-0.39, 0.29) is 0 Å². The lowest BCUT2D eigenvalue weighted by Gasteiger charge is -2.08. The van der Waals surface area contributed by atoms with Gasteiger partial charge in [-0.1, -0.05) is 35.9 Å². The van der Waals surface area contributed by atoms with Crippen molar-refractivity contribution in [2.75, 3.05) is 6.61 Å². The standard InChI is InChI=1S/C17H16ClNO/c18-16-8-4-9-17-15(16)10-12-19(17)11-5-13-20-14-6-2-1-3-7-14/h1-4,6-10,12H,5,11,13H2. The summed E-state index contributed by atoms with van der Waals surface area (Å²) >= 11 is 6.17. The van der Waals surface area contributed by atoms with E-state index >= 15 is 0 Å². The summed E-state index contributed by atoms with van der Waals surface area (Å²) in [5.41, 5.74) is 1.18. The zero-order valence-electron chi connectivity index (χ0n) is 11.1. The van der Waals surface area contributed by atoms with E-state index in [0.29, 0.717) is 6.61 Å². The summed E-state index contributed by atoms with van der Waals surface area (Å²) in [5.74, 6) is 0.924. The molecule has 0 spiro atoms. The van der Waals surface area contributed by atoms with Crippen molar-refractivity contribution in [1.29, 1.82) is 0 Å². The van der Waals surface area contributed by atoms with Crippen molar-refractivity contribution < 1.29 is 4.74 Å². The molecule has 0 atom stereocenters. The lowest BCUT2D eigenvalue weighted by atomic mass is 10.2. The zero-order valence-corrected chi connectivity index (χ0v) is 11.9. The smallest absolute Gasteiger partial charge is 0.119 e. The molecule has 3 heteroatoms. The molecule has 0 fully saturated rings. The highest BCUT2D eigenvalue weighted by Crippen LogP contribution is 2.24. The van der Waals surface area contributed by atoms with Crippen molar-refractivity contribution in [2.24, 2.45) is 0 Å². The second kappa shape index (κ2) is 6.02. The highest BCUT2D eigenvalue weighted by atomic mass is 35.5. The van der Waals surface area contributed by atoms with Crippen LogP contribution in [0.3, 0.4) is 0 Å². The van der Waals surface area contributed by atoms with Crippen LogP contribution in [0.5, 0.6) is 5.75 Å².